The van der Waals surface area contributed by atoms with Gasteiger partial charge in [0, 0.05) is 25.2 Å². The van der Waals surface area contributed by atoms with Crippen molar-refractivity contribution in [1.29, 1.82) is 0 Å². The lowest BCUT2D eigenvalue weighted by atomic mass is 10.00. The van der Waals surface area contributed by atoms with Crippen molar-refractivity contribution in [2.45, 2.75) is 18.8 Å². The molecule has 0 atom stereocenters. The summed E-state index contributed by atoms with van der Waals surface area (Å²) in [5, 5.41) is 23.0. The lowest BCUT2D eigenvalue weighted by molar-refractivity contribution is 0.0830. The Balaban J connectivity index is 1.87. The van der Waals surface area contributed by atoms with Gasteiger partial charge in [-0.05, 0) is 25.0 Å². The monoisotopic (exact) mass is 262 g/mol. The fourth-order valence-electron chi connectivity index (χ4n) is 2.17. The minimum Gasteiger partial charge on any atom is -0.508 e. The molecule has 2 N–H and O–H groups in total. The Morgan fingerprint density at radius 2 is 1.95 bits per heavy atom. The van der Waals surface area contributed by atoms with Crippen molar-refractivity contribution in [1.82, 2.24) is 10.1 Å². The summed E-state index contributed by atoms with van der Waals surface area (Å²) in [6, 6.07) is 4.26. The molecule has 0 radical (unpaired) electrons. The van der Waals surface area contributed by atoms with Crippen molar-refractivity contribution in [3.8, 4) is 23.0 Å². The van der Waals surface area contributed by atoms with Crippen molar-refractivity contribution in [2.75, 3.05) is 13.2 Å². The van der Waals surface area contributed by atoms with E-state index in [1.54, 1.807) is 6.07 Å². The van der Waals surface area contributed by atoms with E-state index in [0.29, 0.717) is 24.6 Å². The molecule has 0 aliphatic carbocycles. The van der Waals surface area contributed by atoms with E-state index < -0.39 is 0 Å². The van der Waals surface area contributed by atoms with Gasteiger partial charge in [0.05, 0.1) is 5.56 Å². The van der Waals surface area contributed by atoms with Crippen molar-refractivity contribution < 1.29 is 19.5 Å². The number of phenolic OH excluding ortho intramolecular Hbond substituents is 2. The van der Waals surface area contributed by atoms with Gasteiger partial charge in [0.15, 0.2) is 5.82 Å². The quantitative estimate of drug-likeness (QED) is 0.861. The molecule has 1 aliphatic heterocycles. The van der Waals surface area contributed by atoms with Crippen molar-refractivity contribution in [2.24, 2.45) is 0 Å². The van der Waals surface area contributed by atoms with Crippen LogP contribution in [0.3, 0.4) is 0 Å². The van der Waals surface area contributed by atoms with Gasteiger partial charge in [-0.1, -0.05) is 5.16 Å². The molecule has 100 valence electrons. The van der Waals surface area contributed by atoms with Crippen LogP contribution in [0.15, 0.2) is 22.7 Å². The predicted octanol–water partition coefficient (Wildman–Crippen LogP) is 2.04. The highest BCUT2D eigenvalue weighted by molar-refractivity contribution is 5.63. The van der Waals surface area contributed by atoms with Gasteiger partial charge in [0.25, 0.3) is 5.89 Å². The summed E-state index contributed by atoms with van der Waals surface area (Å²) in [7, 11) is 0. The first-order valence-corrected chi connectivity index (χ1v) is 6.18. The third-order valence-electron chi connectivity index (χ3n) is 3.24. The van der Waals surface area contributed by atoms with E-state index >= 15 is 0 Å². The summed E-state index contributed by atoms with van der Waals surface area (Å²) in [6.45, 7) is 1.41. The number of aromatic hydroxyl groups is 2. The Kier molecular flexibility index (Phi) is 3.08. The molecule has 1 fully saturated rings. The van der Waals surface area contributed by atoms with Gasteiger partial charge in [-0.3, -0.25) is 0 Å². The number of rotatable bonds is 2. The SMILES string of the molecule is Oc1ccc(-c2nc(C3CCOCC3)no2)c(O)c1. The van der Waals surface area contributed by atoms with Crippen LogP contribution in [-0.2, 0) is 4.74 Å². The van der Waals surface area contributed by atoms with E-state index in [0.717, 1.165) is 12.8 Å². The summed E-state index contributed by atoms with van der Waals surface area (Å²) in [4.78, 5) is 4.32. The Hall–Kier alpha value is -2.08. The number of aromatic nitrogens is 2. The fraction of sp³-hybridized carbons (Fsp3) is 0.385. The normalized spacial score (nSPS) is 16.6. The molecule has 3 rings (SSSR count). The zero-order chi connectivity index (χ0) is 13.2. The second kappa shape index (κ2) is 4.89. The number of hydrogen-bond donors (Lipinski definition) is 2. The van der Waals surface area contributed by atoms with Crippen LogP contribution in [0.2, 0.25) is 0 Å². The largest absolute Gasteiger partial charge is 0.508 e. The van der Waals surface area contributed by atoms with Crippen LogP contribution in [0.5, 0.6) is 11.5 Å². The molecule has 0 saturated carbocycles. The summed E-state index contributed by atoms with van der Waals surface area (Å²) < 4.78 is 10.5. The van der Waals surface area contributed by atoms with Crippen molar-refractivity contribution >= 4 is 0 Å². The minimum atomic E-state index is -0.0813. The molecule has 1 aromatic carbocycles. The zero-order valence-corrected chi connectivity index (χ0v) is 10.2. The molecule has 1 saturated heterocycles. The number of hydrogen-bond acceptors (Lipinski definition) is 6. The summed E-state index contributed by atoms with van der Waals surface area (Å²) in [6.07, 6.45) is 1.75. The Labute approximate surface area is 109 Å². The standard InChI is InChI=1S/C13H14N2O4/c16-9-1-2-10(11(17)7-9)13-14-12(15-19-13)8-3-5-18-6-4-8/h1-2,7-8,16-17H,3-6H2. The number of benzene rings is 1. The van der Waals surface area contributed by atoms with Crippen molar-refractivity contribution in [3.05, 3.63) is 24.0 Å². The molecule has 6 nitrogen and oxygen atoms in total. The lowest BCUT2D eigenvalue weighted by Crippen LogP contribution is -2.15. The molecule has 19 heavy (non-hydrogen) atoms. The van der Waals surface area contributed by atoms with Gasteiger partial charge in [-0.25, -0.2) is 0 Å². The van der Waals surface area contributed by atoms with Gasteiger partial charge in [0.2, 0.25) is 0 Å². The first-order chi connectivity index (χ1) is 9.24. The molecule has 6 heteroatoms. The molecule has 0 amide bonds. The van der Waals surface area contributed by atoms with Gasteiger partial charge < -0.3 is 19.5 Å². The molecule has 0 spiro atoms. The molecule has 2 heterocycles. The maximum atomic E-state index is 9.76. The Morgan fingerprint density at radius 1 is 1.16 bits per heavy atom. The van der Waals surface area contributed by atoms with Crippen LogP contribution in [-0.4, -0.2) is 33.6 Å². The second-order valence-electron chi connectivity index (χ2n) is 4.55. The minimum absolute atomic E-state index is 0.00887. The first-order valence-electron chi connectivity index (χ1n) is 6.18. The smallest absolute Gasteiger partial charge is 0.261 e. The summed E-state index contributed by atoms with van der Waals surface area (Å²) in [5.74, 6) is 1.06. The van der Waals surface area contributed by atoms with Gasteiger partial charge in [-0.2, -0.15) is 4.98 Å². The molecule has 0 bridgehead atoms. The summed E-state index contributed by atoms with van der Waals surface area (Å²) in [5.41, 5.74) is 0.420. The molecule has 0 unspecified atom stereocenters. The average Bonchev–Trinajstić information content (AvgIpc) is 2.89. The van der Waals surface area contributed by atoms with Crippen LogP contribution in [0.4, 0.5) is 0 Å². The van der Waals surface area contributed by atoms with Crippen LogP contribution in [0, 0.1) is 0 Å². The number of nitrogens with zero attached hydrogens (tertiary/aromatic N) is 2. The average molecular weight is 262 g/mol. The first kappa shape index (κ1) is 12.0. The van der Waals surface area contributed by atoms with E-state index in [-0.39, 0.29) is 23.3 Å². The Morgan fingerprint density at radius 3 is 2.68 bits per heavy atom. The fourth-order valence-corrected chi connectivity index (χ4v) is 2.17. The maximum absolute atomic E-state index is 9.76. The van der Waals surface area contributed by atoms with E-state index in [9.17, 15) is 10.2 Å². The highest BCUT2D eigenvalue weighted by Gasteiger charge is 2.22. The highest BCUT2D eigenvalue weighted by atomic mass is 16.5. The second-order valence-corrected chi connectivity index (χ2v) is 4.55. The van der Waals surface area contributed by atoms with Crippen LogP contribution in [0.25, 0.3) is 11.5 Å². The molecule has 2 aromatic rings. The third-order valence-corrected chi connectivity index (χ3v) is 3.24. The summed E-state index contributed by atoms with van der Waals surface area (Å²) >= 11 is 0. The zero-order valence-electron chi connectivity index (χ0n) is 10.2. The molecular formula is C13H14N2O4. The molecule has 1 aliphatic rings. The van der Waals surface area contributed by atoms with E-state index in [1.807, 2.05) is 0 Å². The highest BCUT2D eigenvalue weighted by Crippen LogP contribution is 2.32. The maximum Gasteiger partial charge on any atom is 0.261 e. The van der Waals surface area contributed by atoms with Crippen LogP contribution < -0.4 is 0 Å². The topological polar surface area (TPSA) is 88.6 Å². The van der Waals surface area contributed by atoms with Crippen LogP contribution in [0.1, 0.15) is 24.6 Å². The number of phenols is 2. The van der Waals surface area contributed by atoms with Crippen molar-refractivity contribution in [3.63, 3.8) is 0 Å². The van der Waals surface area contributed by atoms with Gasteiger partial charge in [0.1, 0.15) is 11.5 Å². The molecular weight excluding hydrogens is 248 g/mol. The van der Waals surface area contributed by atoms with Gasteiger partial charge >= 0.3 is 0 Å². The van der Waals surface area contributed by atoms with Crippen LogP contribution >= 0.6 is 0 Å². The predicted molar refractivity (Wildman–Crippen MR) is 65.9 cm³/mol. The number of ether oxygens (including phenoxy) is 1. The van der Waals surface area contributed by atoms with E-state index in [2.05, 4.69) is 10.1 Å². The van der Waals surface area contributed by atoms with E-state index in [4.69, 9.17) is 9.26 Å². The van der Waals surface area contributed by atoms with Gasteiger partial charge in [-0.15, -0.1) is 0 Å². The third kappa shape index (κ3) is 2.39. The Bertz CT molecular complexity index is 576. The lowest BCUT2D eigenvalue weighted by Gasteiger charge is -2.18. The van der Waals surface area contributed by atoms with E-state index in [1.165, 1.54) is 12.1 Å². The molecule has 1 aromatic heterocycles.